The zero-order valence-corrected chi connectivity index (χ0v) is 27.1. The van der Waals surface area contributed by atoms with Crippen molar-refractivity contribution in [3.8, 4) is 17.2 Å². The molecule has 4 rings (SSSR count). The van der Waals surface area contributed by atoms with E-state index in [4.69, 9.17) is 0 Å². The summed E-state index contributed by atoms with van der Waals surface area (Å²) in [5.41, 5.74) is -4.16. The average molecular weight is 774 g/mol. The summed E-state index contributed by atoms with van der Waals surface area (Å²) in [6.45, 7) is 8.73. The average Bonchev–Trinajstić information content (AvgIpc) is 3.10. The van der Waals surface area contributed by atoms with Gasteiger partial charge in [-0.3, -0.25) is 8.78 Å². The molecule has 0 fully saturated rings. The maximum atomic E-state index is 14.5. The minimum atomic E-state index is -3.47. The van der Waals surface area contributed by atoms with Crippen LogP contribution in [0, 0.1) is 105 Å². The molecule has 0 saturated heterocycles. The van der Waals surface area contributed by atoms with Crippen LogP contribution in [0.4, 0.5) is 74.6 Å². The Morgan fingerprint density at radius 3 is 0.750 bits per heavy atom. The van der Waals surface area contributed by atoms with Crippen molar-refractivity contribution in [2.45, 2.75) is 0 Å². The molecule has 0 atom stereocenters. The number of benzene rings is 4. The van der Waals surface area contributed by atoms with Gasteiger partial charge in [0.2, 0.25) is 34.9 Å². The van der Waals surface area contributed by atoms with Crippen molar-refractivity contribution in [2.75, 3.05) is 0 Å². The van der Waals surface area contributed by atoms with Gasteiger partial charge in [0.25, 0.3) is 0 Å². The number of hydrogen-bond donors (Lipinski definition) is 0. The first-order chi connectivity index (χ1) is 23.8. The fourth-order valence-corrected chi connectivity index (χ4v) is 3.59. The second kappa shape index (κ2) is 17.3. The van der Waals surface area contributed by atoms with Gasteiger partial charge in [0.05, 0.1) is 45.8 Å². The van der Waals surface area contributed by atoms with Crippen LogP contribution in [-0.2, 0) is 0 Å². The molecule has 0 aromatic heterocycles. The van der Waals surface area contributed by atoms with Crippen molar-refractivity contribution < 1.29 is 118 Å². The van der Waals surface area contributed by atoms with E-state index in [0.717, 1.165) is 6.07 Å². The SMILES string of the molecule is C=Cc1c(F)c(F)c(OB(Oc2c(F)c(F)c(C=C)c(F)c2F)Oc2c(F)c(F)c(C=C)c(F)c2F)c(F)c1F.Fc1[c-]c(F)c(F)c(F)c1F.[Na+]. The van der Waals surface area contributed by atoms with Crippen molar-refractivity contribution in [1.29, 1.82) is 0 Å². The standard InChI is InChI=1S/C24H9BF12O3.C6F5.Na/c1-4-7-10(26)16(32)22(17(33)11(7)27)38-25(39-23-18(34)12(28)8(5-2)13(29)19(23)35)40-24-20(36)14(30)9(6-3)15(31)21(24)37;7-2-1-3(8)5(10)6(11)4(2)9;/h4-6H,1-3H2;;/q;-1;+1. The topological polar surface area (TPSA) is 27.7 Å². The van der Waals surface area contributed by atoms with Gasteiger partial charge in [-0.05, 0) is 0 Å². The Kier molecular flexibility index (Phi) is 14.5. The Morgan fingerprint density at radius 2 is 0.558 bits per heavy atom. The van der Waals surface area contributed by atoms with E-state index in [1.54, 1.807) is 0 Å². The molecule has 4 aromatic rings. The maximum absolute atomic E-state index is 14.5. The van der Waals surface area contributed by atoms with Gasteiger partial charge in [0.15, 0.2) is 52.2 Å². The molecule has 270 valence electrons. The summed E-state index contributed by atoms with van der Waals surface area (Å²) in [7, 11) is -3.47. The van der Waals surface area contributed by atoms with E-state index in [0.29, 0.717) is 18.2 Å². The summed E-state index contributed by atoms with van der Waals surface area (Å²) < 4.78 is 245. The number of halogens is 17. The van der Waals surface area contributed by atoms with Crippen LogP contribution in [0.3, 0.4) is 0 Å². The molecule has 0 aliphatic heterocycles. The predicted molar refractivity (Wildman–Crippen MR) is 142 cm³/mol. The fourth-order valence-electron chi connectivity index (χ4n) is 3.59. The smallest absolute Gasteiger partial charge is 0.484 e. The van der Waals surface area contributed by atoms with E-state index in [9.17, 15) is 74.6 Å². The molecule has 0 N–H and O–H groups in total. The summed E-state index contributed by atoms with van der Waals surface area (Å²) in [4.78, 5) is 0. The van der Waals surface area contributed by atoms with Crippen molar-refractivity contribution in [3.05, 3.63) is 141 Å². The van der Waals surface area contributed by atoms with Crippen LogP contribution >= 0.6 is 0 Å². The summed E-state index contributed by atoms with van der Waals surface area (Å²) in [6.07, 6.45) is 0.958. The zero-order chi connectivity index (χ0) is 38.8. The molecule has 0 spiro atoms. The quantitative estimate of drug-likeness (QED) is 0.0604. The third kappa shape index (κ3) is 8.05. The Balaban J connectivity index is 0.000000666. The van der Waals surface area contributed by atoms with Crippen molar-refractivity contribution in [2.24, 2.45) is 0 Å². The first-order valence-corrected chi connectivity index (χ1v) is 12.6. The van der Waals surface area contributed by atoms with Crippen molar-refractivity contribution in [3.63, 3.8) is 0 Å². The molecular weight excluding hydrogens is 765 g/mol. The van der Waals surface area contributed by atoms with Crippen LogP contribution in [0.25, 0.3) is 18.2 Å². The maximum Gasteiger partial charge on any atom is 1.00 e. The molecule has 0 amide bonds. The van der Waals surface area contributed by atoms with Crippen LogP contribution in [0.2, 0.25) is 0 Å². The molecule has 0 unspecified atom stereocenters. The van der Waals surface area contributed by atoms with E-state index in [2.05, 4.69) is 33.7 Å². The molecule has 0 heterocycles. The second-order valence-electron chi connectivity index (χ2n) is 8.95. The minimum Gasteiger partial charge on any atom is -0.484 e. The third-order valence-corrected chi connectivity index (χ3v) is 6.02. The van der Waals surface area contributed by atoms with Gasteiger partial charge < -0.3 is 14.0 Å². The molecule has 52 heavy (non-hydrogen) atoms. The molecule has 3 nitrogen and oxygen atoms in total. The summed E-state index contributed by atoms with van der Waals surface area (Å²) in [5.74, 6) is -44.2. The van der Waals surface area contributed by atoms with Gasteiger partial charge in [0, 0.05) is 0 Å². The molecular formula is C30H9BF17NaO3. The fraction of sp³-hybridized carbons (Fsp3) is 0. The van der Waals surface area contributed by atoms with E-state index < -0.39 is 140 Å². The zero-order valence-electron chi connectivity index (χ0n) is 25.1. The van der Waals surface area contributed by atoms with Crippen LogP contribution in [0.15, 0.2) is 19.7 Å². The second-order valence-corrected chi connectivity index (χ2v) is 8.95. The predicted octanol–water partition coefficient (Wildman–Crippen LogP) is 6.99. The molecule has 0 radical (unpaired) electrons. The number of hydrogen-bond acceptors (Lipinski definition) is 3. The third-order valence-electron chi connectivity index (χ3n) is 6.02. The Labute approximate surface area is 301 Å². The van der Waals surface area contributed by atoms with E-state index >= 15 is 0 Å². The summed E-state index contributed by atoms with van der Waals surface area (Å²) in [6, 6.07) is 1.02. The van der Waals surface area contributed by atoms with Gasteiger partial charge in [-0.15, -0.1) is 6.07 Å². The Bertz CT molecular complexity index is 1800. The van der Waals surface area contributed by atoms with E-state index in [1.807, 2.05) is 0 Å². The van der Waals surface area contributed by atoms with Crippen molar-refractivity contribution in [1.82, 2.24) is 0 Å². The van der Waals surface area contributed by atoms with Gasteiger partial charge >= 0.3 is 36.9 Å². The largest absolute Gasteiger partial charge is 1.00 e. The normalized spacial score (nSPS) is 10.5. The number of rotatable bonds is 9. The van der Waals surface area contributed by atoms with E-state index in [1.165, 1.54) is 0 Å². The molecule has 0 aliphatic rings. The Morgan fingerprint density at radius 1 is 0.346 bits per heavy atom. The monoisotopic (exact) mass is 774 g/mol. The molecule has 22 heteroatoms. The molecule has 0 aliphatic carbocycles. The molecule has 0 bridgehead atoms. The van der Waals surface area contributed by atoms with Gasteiger partial charge in [-0.2, -0.15) is 26.3 Å². The van der Waals surface area contributed by atoms with E-state index in [-0.39, 0.29) is 29.6 Å². The minimum absolute atomic E-state index is 0. The van der Waals surface area contributed by atoms with Crippen LogP contribution in [0.1, 0.15) is 16.7 Å². The van der Waals surface area contributed by atoms with Crippen LogP contribution < -0.4 is 43.5 Å². The van der Waals surface area contributed by atoms with Gasteiger partial charge in [-0.25, -0.2) is 39.5 Å². The van der Waals surface area contributed by atoms with Crippen molar-refractivity contribution >= 4 is 25.5 Å². The molecule has 4 aromatic carbocycles. The van der Waals surface area contributed by atoms with Gasteiger partial charge in [-0.1, -0.05) is 38.0 Å². The summed E-state index contributed by atoms with van der Waals surface area (Å²) in [5, 5.41) is 0. The van der Waals surface area contributed by atoms with Crippen LogP contribution in [-0.4, -0.2) is 7.32 Å². The van der Waals surface area contributed by atoms with Crippen LogP contribution in [0.5, 0.6) is 17.2 Å². The molecule has 0 saturated carbocycles. The summed E-state index contributed by atoms with van der Waals surface area (Å²) >= 11 is 0. The first kappa shape index (κ1) is 43.5. The van der Waals surface area contributed by atoms with Gasteiger partial charge in [0.1, 0.15) is 0 Å². The Hall–Kier alpha value is -4.63. The first-order valence-electron chi connectivity index (χ1n) is 12.6.